The van der Waals surface area contributed by atoms with Crippen LogP contribution in [-0.4, -0.2) is 13.6 Å². The Bertz CT molecular complexity index is 422. The lowest BCUT2D eigenvalue weighted by atomic mass is 9.33. The highest BCUT2D eigenvalue weighted by Crippen LogP contribution is 2.73. The molecule has 0 amide bonds. The fraction of sp³-hybridized carbons (Fsp3) is 0.538. The lowest BCUT2D eigenvalue weighted by Gasteiger charge is -2.71. The van der Waals surface area contributed by atoms with Crippen LogP contribution in [0.4, 0.5) is 8.78 Å². The summed E-state index contributed by atoms with van der Waals surface area (Å²) in [6.45, 7) is 1.04. The molecular weight excluding hydrogens is 208 g/mol. The average Bonchev–Trinajstić information content (AvgIpc) is 2.14. The Labute approximate surface area is 93.9 Å². The van der Waals surface area contributed by atoms with Gasteiger partial charge in [0.1, 0.15) is 0 Å². The van der Waals surface area contributed by atoms with Crippen molar-refractivity contribution in [2.45, 2.75) is 24.7 Å². The van der Waals surface area contributed by atoms with Gasteiger partial charge in [-0.05, 0) is 54.8 Å². The Kier molecular flexibility index (Phi) is 1.94. The third-order valence-corrected chi connectivity index (χ3v) is 4.22. The van der Waals surface area contributed by atoms with Gasteiger partial charge in [-0.3, -0.25) is 0 Å². The minimum absolute atomic E-state index is 0.158. The van der Waals surface area contributed by atoms with Crippen LogP contribution >= 0.6 is 0 Å². The summed E-state index contributed by atoms with van der Waals surface area (Å²) < 4.78 is 26.0. The molecule has 2 bridgehead atoms. The molecule has 0 spiro atoms. The third-order valence-electron chi connectivity index (χ3n) is 4.22. The van der Waals surface area contributed by atoms with Gasteiger partial charge in [0.25, 0.3) is 0 Å². The van der Waals surface area contributed by atoms with Crippen molar-refractivity contribution in [3.05, 3.63) is 35.4 Å². The summed E-state index contributed by atoms with van der Waals surface area (Å²) in [6, 6.07) is 4.36. The van der Waals surface area contributed by atoms with Crippen molar-refractivity contribution < 1.29 is 8.78 Å². The maximum absolute atomic E-state index is 13.1. The molecule has 3 heteroatoms. The second-order valence-electron chi connectivity index (χ2n) is 5.47. The monoisotopic (exact) mass is 223 g/mol. The molecule has 0 atom stereocenters. The summed E-state index contributed by atoms with van der Waals surface area (Å²) in [5.74, 6) is -1.47. The molecule has 4 rings (SSSR count). The molecule has 86 valence electrons. The lowest BCUT2D eigenvalue weighted by molar-refractivity contribution is -0.137. The molecule has 0 aromatic heterocycles. The van der Waals surface area contributed by atoms with Gasteiger partial charge in [0.05, 0.1) is 0 Å². The minimum atomic E-state index is -0.750. The zero-order chi connectivity index (χ0) is 11.4. The summed E-state index contributed by atoms with van der Waals surface area (Å²) in [5.41, 5.74) is 1.58. The highest BCUT2D eigenvalue weighted by molar-refractivity contribution is 5.39. The molecule has 1 aromatic carbocycles. The van der Waals surface area contributed by atoms with Crippen molar-refractivity contribution in [2.24, 2.45) is 5.41 Å². The fourth-order valence-corrected chi connectivity index (χ4v) is 3.69. The summed E-state index contributed by atoms with van der Waals surface area (Å²) in [6.07, 6.45) is 3.35. The zero-order valence-electron chi connectivity index (χ0n) is 9.32. The maximum Gasteiger partial charge on any atom is 0.159 e. The van der Waals surface area contributed by atoms with Crippen LogP contribution in [0.1, 0.15) is 24.8 Å². The van der Waals surface area contributed by atoms with Gasteiger partial charge in [0.15, 0.2) is 11.6 Å². The Balaban J connectivity index is 1.80. The van der Waals surface area contributed by atoms with Gasteiger partial charge in [0.2, 0.25) is 0 Å². The van der Waals surface area contributed by atoms with Crippen molar-refractivity contribution in [3.8, 4) is 0 Å². The Morgan fingerprint density at radius 2 is 1.88 bits per heavy atom. The Hall–Kier alpha value is -0.960. The van der Waals surface area contributed by atoms with Gasteiger partial charge in [-0.15, -0.1) is 0 Å². The first kappa shape index (κ1) is 10.2. The molecule has 3 fully saturated rings. The predicted molar refractivity (Wildman–Crippen MR) is 58.2 cm³/mol. The average molecular weight is 223 g/mol. The summed E-state index contributed by atoms with van der Waals surface area (Å²) >= 11 is 0. The molecule has 3 aliphatic carbocycles. The zero-order valence-corrected chi connectivity index (χ0v) is 9.32. The predicted octanol–water partition coefficient (Wildman–Crippen LogP) is 2.61. The number of benzene rings is 1. The molecule has 0 aliphatic heterocycles. The highest BCUT2D eigenvalue weighted by atomic mass is 19.2. The molecule has 0 unspecified atom stereocenters. The van der Waals surface area contributed by atoms with Gasteiger partial charge in [-0.2, -0.15) is 0 Å². The largest absolute Gasteiger partial charge is 0.319 e. The van der Waals surface area contributed by atoms with Crippen molar-refractivity contribution >= 4 is 0 Å². The smallest absolute Gasteiger partial charge is 0.159 e. The molecule has 1 aromatic rings. The number of rotatable bonds is 3. The van der Waals surface area contributed by atoms with Crippen LogP contribution in [0.2, 0.25) is 0 Å². The van der Waals surface area contributed by atoms with E-state index in [0.717, 1.165) is 31.4 Å². The molecule has 0 heterocycles. The van der Waals surface area contributed by atoms with E-state index in [1.807, 2.05) is 7.05 Å². The second kappa shape index (κ2) is 3.04. The fourth-order valence-electron chi connectivity index (χ4n) is 3.69. The standard InChI is InChI=1S/C13H15F2N/c1-16-8-12-5-13(6-12,7-12)9-2-3-10(14)11(15)4-9/h2-4,16H,5-8H2,1H3. The number of halogens is 2. The van der Waals surface area contributed by atoms with E-state index >= 15 is 0 Å². The minimum Gasteiger partial charge on any atom is -0.319 e. The van der Waals surface area contributed by atoms with E-state index in [4.69, 9.17) is 0 Å². The van der Waals surface area contributed by atoms with E-state index < -0.39 is 11.6 Å². The van der Waals surface area contributed by atoms with Gasteiger partial charge in [0, 0.05) is 6.54 Å². The normalized spacial score (nSPS) is 35.4. The van der Waals surface area contributed by atoms with Crippen molar-refractivity contribution in [3.63, 3.8) is 0 Å². The van der Waals surface area contributed by atoms with Crippen LogP contribution < -0.4 is 5.32 Å². The third kappa shape index (κ3) is 1.18. The lowest BCUT2D eigenvalue weighted by Crippen LogP contribution is -2.67. The van der Waals surface area contributed by atoms with Gasteiger partial charge in [-0.1, -0.05) is 6.07 Å². The van der Waals surface area contributed by atoms with Crippen molar-refractivity contribution in [1.82, 2.24) is 5.32 Å². The molecule has 0 saturated heterocycles. The second-order valence-corrected chi connectivity index (χ2v) is 5.47. The molecule has 16 heavy (non-hydrogen) atoms. The maximum atomic E-state index is 13.1. The Morgan fingerprint density at radius 3 is 2.44 bits per heavy atom. The van der Waals surface area contributed by atoms with E-state index in [2.05, 4.69) is 5.32 Å². The van der Waals surface area contributed by atoms with Crippen molar-refractivity contribution in [1.29, 1.82) is 0 Å². The van der Waals surface area contributed by atoms with Crippen LogP contribution in [-0.2, 0) is 5.41 Å². The molecule has 3 saturated carbocycles. The Morgan fingerprint density at radius 1 is 1.19 bits per heavy atom. The van der Waals surface area contributed by atoms with Crippen LogP contribution in [0.3, 0.4) is 0 Å². The van der Waals surface area contributed by atoms with Crippen LogP contribution in [0, 0.1) is 17.0 Å². The molecule has 1 N–H and O–H groups in total. The van der Waals surface area contributed by atoms with Crippen molar-refractivity contribution in [2.75, 3.05) is 13.6 Å². The molecule has 1 nitrogen and oxygen atoms in total. The summed E-state index contributed by atoms with van der Waals surface area (Å²) in [5, 5.41) is 3.20. The van der Waals surface area contributed by atoms with Gasteiger partial charge in [-0.25, -0.2) is 8.78 Å². The van der Waals surface area contributed by atoms with E-state index in [1.54, 1.807) is 6.07 Å². The topological polar surface area (TPSA) is 12.0 Å². The first-order valence-corrected chi connectivity index (χ1v) is 5.69. The number of hydrogen-bond donors (Lipinski definition) is 1. The number of nitrogens with one attached hydrogen (secondary N) is 1. The highest BCUT2D eigenvalue weighted by Gasteiger charge is 2.67. The summed E-state index contributed by atoms with van der Waals surface area (Å²) in [4.78, 5) is 0. The number of hydrogen-bond acceptors (Lipinski definition) is 1. The van der Waals surface area contributed by atoms with Gasteiger partial charge < -0.3 is 5.32 Å². The van der Waals surface area contributed by atoms with Gasteiger partial charge >= 0.3 is 0 Å². The van der Waals surface area contributed by atoms with Crippen LogP contribution in [0.25, 0.3) is 0 Å². The van der Waals surface area contributed by atoms with Crippen LogP contribution in [0.5, 0.6) is 0 Å². The first-order valence-electron chi connectivity index (χ1n) is 5.69. The molecule has 0 radical (unpaired) electrons. The SMILES string of the molecule is CNCC12CC(c3ccc(F)c(F)c3)(C1)C2. The van der Waals surface area contributed by atoms with E-state index in [9.17, 15) is 8.78 Å². The van der Waals surface area contributed by atoms with Crippen LogP contribution in [0.15, 0.2) is 18.2 Å². The quantitative estimate of drug-likeness (QED) is 0.830. The summed E-state index contributed by atoms with van der Waals surface area (Å²) in [7, 11) is 1.96. The van der Waals surface area contributed by atoms with E-state index in [1.165, 1.54) is 12.1 Å². The first-order chi connectivity index (χ1) is 7.59. The van der Waals surface area contributed by atoms with E-state index in [0.29, 0.717) is 5.41 Å². The molecule has 3 aliphatic rings. The molecular formula is C13H15F2N. The van der Waals surface area contributed by atoms with E-state index in [-0.39, 0.29) is 5.41 Å².